The molecule has 3 fully saturated rings. The first kappa shape index (κ1) is 11.5. The lowest BCUT2D eigenvalue weighted by atomic mass is 9.86. The monoisotopic (exact) mass is 247 g/mol. The molecule has 2 bridgehead atoms. The van der Waals surface area contributed by atoms with Crippen molar-refractivity contribution in [1.82, 2.24) is 9.88 Å². The molecule has 1 unspecified atom stereocenters. The second-order valence-corrected chi connectivity index (χ2v) is 4.94. The SMILES string of the molecule is O=C(Nc1ccncc1)OC1CN2CCC1CC2. The maximum Gasteiger partial charge on any atom is 0.411 e. The van der Waals surface area contributed by atoms with E-state index in [0.29, 0.717) is 5.92 Å². The predicted octanol–water partition coefficient (Wildman–Crippen LogP) is 1.72. The highest BCUT2D eigenvalue weighted by Crippen LogP contribution is 2.29. The van der Waals surface area contributed by atoms with Gasteiger partial charge in [-0.3, -0.25) is 15.2 Å². The van der Waals surface area contributed by atoms with E-state index in [1.807, 2.05) is 0 Å². The Balaban J connectivity index is 1.55. The van der Waals surface area contributed by atoms with Crippen LogP contribution in [0.15, 0.2) is 24.5 Å². The van der Waals surface area contributed by atoms with Crippen molar-refractivity contribution < 1.29 is 9.53 Å². The third-order valence-electron chi connectivity index (χ3n) is 3.78. The number of pyridine rings is 1. The molecule has 0 saturated carbocycles. The minimum Gasteiger partial charge on any atom is -0.444 e. The molecule has 1 aromatic rings. The summed E-state index contributed by atoms with van der Waals surface area (Å²) in [5, 5.41) is 2.73. The number of nitrogens with zero attached hydrogens (tertiary/aromatic N) is 2. The van der Waals surface area contributed by atoms with E-state index in [1.165, 1.54) is 0 Å². The van der Waals surface area contributed by atoms with Gasteiger partial charge in [0.2, 0.25) is 0 Å². The Hall–Kier alpha value is -1.62. The average molecular weight is 247 g/mol. The quantitative estimate of drug-likeness (QED) is 0.864. The number of fused-ring (bicyclic) bond motifs is 3. The summed E-state index contributed by atoms with van der Waals surface area (Å²) in [6, 6.07) is 3.50. The molecule has 0 aromatic carbocycles. The molecule has 0 spiro atoms. The van der Waals surface area contributed by atoms with Crippen LogP contribution < -0.4 is 5.32 Å². The fourth-order valence-corrected chi connectivity index (χ4v) is 2.76. The molecule has 5 nitrogen and oxygen atoms in total. The summed E-state index contributed by atoms with van der Waals surface area (Å²) in [7, 11) is 0. The first-order valence-electron chi connectivity index (χ1n) is 6.41. The van der Waals surface area contributed by atoms with E-state index < -0.39 is 0 Å². The summed E-state index contributed by atoms with van der Waals surface area (Å²) in [6.07, 6.45) is 5.27. The van der Waals surface area contributed by atoms with Crippen LogP contribution in [0.3, 0.4) is 0 Å². The molecule has 0 radical (unpaired) electrons. The van der Waals surface area contributed by atoms with Crippen molar-refractivity contribution in [3.05, 3.63) is 24.5 Å². The van der Waals surface area contributed by atoms with E-state index in [4.69, 9.17) is 4.74 Å². The third-order valence-corrected chi connectivity index (χ3v) is 3.78. The summed E-state index contributed by atoms with van der Waals surface area (Å²) < 4.78 is 5.52. The number of hydrogen-bond acceptors (Lipinski definition) is 4. The van der Waals surface area contributed by atoms with Crippen molar-refractivity contribution in [2.75, 3.05) is 25.0 Å². The van der Waals surface area contributed by atoms with Crippen LogP contribution in [0.1, 0.15) is 12.8 Å². The number of amides is 1. The normalized spacial score (nSPS) is 29.9. The van der Waals surface area contributed by atoms with Crippen LogP contribution in [0.5, 0.6) is 0 Å². The zero-order chi connectivity index (χ0) is 12.4. The third kappa shape index (κ3) is 2.46. The molecule has 1 atom stereocenters. The van der Waals surface area contributed by atoms with Gasteiger partial charge in [0, 0.05) is 24.6 Å². The Labute approximate surface area is 106 Å². The minimum absolute atomic E-state index is 0.0503. The summed E-state index contributed by atoms with van der Waals surface area (Å²) in [6.45, 7) is 3.18. The molecule has 4 heterocycles. The molecular formula is C13H17N3O2. The lowest BCUT2D eigenvalue weighted by molar-refractivity contribution is -0.0289. The van der Waals surface area contributed by atoms with Gasteiger partial charge >= 0.3 is 6.09 Å². The molecular weight excluding hydrogens is 230 g/mol. The molecule has 18 heavy (non-hydrogen) atoms. The Bertz CT molecular complexity index is 416. The van der Waals surface area contributed by atoms with E-state index in [0.717, 1.165) is 38.2 Å². The van der Waals surface area contributed by atoms with Gasteiger partial charge in [0.05, 0.1) is 0 Å². The lowest BCUT2D eigenvalue weighted by Gasteiger charge is -2.43. The minimum atomic E-state index is -0.361. The Morgan fingerprint density at radius 1 is 1.33 bits per heavy atom. The summed E-state index contributed by atoms with van der Waals surface area (Å²) in [5.74, 6) is 0.540. The van der Waals surface area contributed by atoms with Crippen molar-refractivity contribution in [3.63, 3.8) is 0 Å². The van der Waals surface area contributed by atoms with E-state index in [2.05, 4.69) is 15.2 Å². The van der Waals surface area contributed by atoms with Gasteiger partial charge in [-0.2, -0.15) is 0 Å². The molecule has 1 amide bonds. The smallest absolute Gasteiger partial charge is 0.411 e. The molecule has 96 valence electrons. The summed E-state index contributed by atoms with van der Waals surface area (Å²) >= 11 is 0. The average Bonchev–Trinajstić information content (AvgIpc) is 2.41. The van der Waals surface area contributed by atoms with Crippen molar-refractivity contribution in [1.29, 1.82) is 0 Å². The first-order chi connectivity index (χ1) is 8.81. The van der Waals surface area contributed by atoms with E-state index >= 15 is 0 Å². The number of aromatic nitrogens is 1. The van der Waals surface area contributed by atoms with Gasteiger partial charge in [-0.05, 0) is 44.0 Å². The van der Waals surface area contributed by atoms with Gasteiger partial charge in [-0.1, -0.05) is 0 Å². The highest BCUT2D eigenvalue weighted by atomic mass is 16.6. The maximum absolute atomic E-state index is 11.8. The van der Waals surface area contributed by atoms with Gasteiger partial charge in [-0.15, -0.1) is 0 Å². The number of hydrogen-bond donors (Lipinski definition) is 1. The zero-order valence-electron chi connectivity index (χ0n) is 10.2. The predicted molar refractivity (Wildman–Crippen MR) is 67.3 cm³/mol. The summed E-state index contributed by atoms with van der Waals surface area (Å²) in [5.41, 5.74) is 0.719. The molecule has 1 aromatic heterocycles. The van der Waals surface area contributed by atoms with Crippen molar-refractivity contribution >= 4 is 11.8 Å². The van der Waals surface area contributed by atoms with Gasteiger partial charge in [0.1, 0.15) is 6.10 Å². The zero-order valence-corrected chi connectivity index (χ0v) is 10.2. The van der Waals surface area contributed by atoms with Gasteiger partial charge in [0.15, 0.2) is 0 Å². The Morgan fingerprint density at radius 2 is 2.06 bits per heavy atom. The molecule has 3 saturated heterocycles. The number of carbonyl (C=O) groups excluding carboxylic acids is 1. The second kappa shape index (κ2) is 4.94. The van der Waals surface area contributed by atoms with Crippen molar-refractivity contribution in [3.8, 4) is 0 Å². The largest absolute Gasteiger partial charge is 0.444 e. The second-order valence-electron chi connectivity index (χ2n) is 4.94. The van der Waals surface area contributed by atoms with Crippen LogP contribution in [0, 0.1) is 5.92 Å². The number of anilines is 1. The van der Waals surface area contributed by atoms with Gasteiger partial charge in [-0.25, -0.2) is 4.79 Å². The maximum atomic E-state index is 11.8. The fraction of sp³-hybridized carbons (Fsp3) is 0.538. The number of piperidine rings is 3. The standard InChI is InChI=1S/C13H17N3O2/c17-13(15-11-1-5-14-6-2-11)18-12-9-16-7-3-10(12)4-8-16/h1-2,5-6,10,12H,3-4,7-9H2,(H,14,15,17). The topological polar surface area (TPSA) is 54.5 Å². The van der Waals surface area contributed by atoms with Crippen LogP contribution in [0.2, 0.25) is 0 Å². The van der Waals surface area contributed by atoms with E-state index in [9.17, 15) is 4.79 Å². The number of nitrogens with one attached hydrogen (secondary N) is 1. The molecule has 3 aliphatic rings. The molecule has 1 N–H and O–H groups in total. The Kier molecular flexibility index (Phi) is 3.15. The molecule has 4 rings (SSSR count). The molecule has 5 heteroatoms. The van der Waals surface area contributed by atoms with Crippen LogP contribution >= 0.6 is 0 Å². The van der Waals surface area contributed by atoms with Crippen LogP contribution in [0.25, 0.3) is 0 Å². The van der Waals surface area contributed by atoms with E-state index in [1.54, 1.807) is 24.5 Å². The highest BCUT2D eigenvalue weighted by molar-refractivity contribution is 5.84. The first-order valence-corrected chi connectivity index (χ1v) is 6.41. The lowest BCUT2D eigenvalue weighted by Crippen LogP contribution is -2.52. The van der Waals surface area contributed by atoms with Crippen LogP contribution in [-0.2, 0) is 4.74 Å². The van der Waals surface area contributed by atoms with Gasteiger partial charge in [0.25, 0.3) is 0 Å². The van der Waals surface area contributed by atoms with E-state index in [-0.39, 0.29) is 12.2 Å². The van der Waals surface area contributed by atoms with Gasteiger partial charge < -0.3 is 4.74 Å². The van der Waals surface area contributed by atoms with Crippen molar-refractivity contribution in [2.45, 2.75) is 18.9 Å². The number of ether oxygens (including phenoxy) is 1. The highest BCUT2D eigenvalue weighted by Gasteiger charge is 2.36. The molecule has 0 aliphatic carbocycles. The number of carbonyl (C=O) groups is 1. The summed E-state index contributed by atoms with van der Waals surface area (Å²) in [4.78, 5) is 18.1. The van der Waals surface area contributed by atoms with Crippen molar-refractivity contribution in [2.24, 2.45) is 5.92 Å². The fourth-order valence-electron chi connectivity index (χ4n) is 2.76. The Morgan fingerprint density at radius 3 is 2.67 bits per heavy atom. The van der Waals surface area contributed by atoms with Crippen LogP contribution in [-0.4, -0.2) is 41.7 Å². The van der Waals surface area contributed by atoms with Crippen LogP contribution in [0.4, 0.5) is 10.5 Å². The number of rotatable bonds is 2. The molecule has 3 aliphatic heterocycles.